The fraction of sp³-hybridized carbons (Fsp3) is 0.609. The summed E-state index contributed by atoms with van der Waals surface area (Å²) in [7, 11) is 0. The van der Waals surface area contributed by atoms with Crippen molar-refractivity contribution in [2.45, 2.75) is 68.9 Å². The van der Waals surface area contributed by atoms with Crippen LogP contribution in [0, 0.1) is 17.1 Å². The molecule has 164 valence electrons. The van der Waals surface area contributed by atoms with Gasteiger partial charge in [-0.25, -0.2) is 4.39 Å². The van der Waals surface area contributed by atoms with E-state index in [2.05, 4.69) is 16.3 Å². The normalized spacial score (nSPS) is 33.2. The summed E-state index contributed by atoms with van der Waals surface area (Å²) in [6.07, 6.45) is 4.17. The number of amides is 2. The molecule has 8 heteroatoms. The van der Waals surface area contributed by atoms with E-state index in [9.17, 15) is 19.2 Å². The number of nitrogens with one attached hydrogen (secondary N) is 1. The molecule has 2 amide bonds. The summed E-state index contributed by atoms with van der Waals surface area (Å²) in [6.45, 7) is 2.58. The second-order valence-electron chi connectivity index (χ2n) is 9.22. The molecule has 0 saturated carbocycles. The summed E-state index contributed by atoms with van der Waals surface area (Å²) < 4.78 is 13.5. The van der Waals surface area contributed by atoms with Gasteiger partial charge in [-0.1, -0.05) is 12.1 Å². The molecular weight excluding hydrogens is 397 g/mol. The van der Waals surface area contributed by atoms with Crippen LogP contribution >= 0.6 is 0 Å². The zero-order chi connectivity index (χ0) is 21.5. The number of piperazine rings is 1. The molecule has 7 nitrogen and oxygen atoms in total. The van der Waals surface area contributed by atoms with Gasteiger partial charge in [0.15, 0.2) is 0 Å². The lowest BCUT2D eigenvalue weighted by molar-refractivity contribution is -0.138. The molecular formula is C23H28FN5O2. The van der Waals surface area contributed by atoms with Gasteiger partial charge in [0.25, 0.3) is 0 Å². The molecule has 0 aliphatic carbocycles. The van der Waals surface area contributed by atoms with Gasteiger partial charge >= 0.3 is 0 Å². The summed E-state index contributed by atoms with van der Waals surface area (Å²) in [4.78, 5) is 31.9. The molecule has 2 bridgehead atoms. The lowest BCUT2D eigenvalue weighted by Gasteiger charge is -2.37. The Morgan fingerprint density at radius 2 is 2.13 bits per heavy atom. The highest BCUT2D eigenvalue weighted by Gasteiger charge is 2.52. The third-order valence-corrected chi connectivity index (χ3v) is 7.38. The van der Waals surface area contributed by atoms with E-state index in [-0.39, 0.29) is 47.8 Å². The van der Waals surface area contributed by atoms with E-state index in [0.29, 0.717) is 26.1 Å². The van der Waals surface area contributed by atoms with Crippen molar-refractivity contribution in [2.75, 3.05) is 19.6 Å². The first-order valence-electron chi connectivity index (χ1n) is 11.3. The highest BCUT2D eigenvalue weighted by atomic mass is 19.1. The van der Waals surface area contributed by atoms with Gasteiger partial charge in [-0.3, -0.25) is 14.5 Å². The fourth-order valence-corrected chi connectivity index (χ4v) is 5.81. The molecule has 1 aromatic carbocycles. The zero-order valence-corrected chi connectivity index (χ0v) is 17.5. The van der Waals surface area contributed by atoms with E-state index in [4.69, 9.17) is 0 Å². The van der Waals surface area contributed by atoms with Crippen LogP contribution in [-0.2, 0) is 16.1 Å². The summed E-state index contributed by atoms with van der Waals surface area (Å²) in [5.41, 5.74) is 0.814. The van der Waals surface area contributed by atoms with E-state index in [1.54, 1.807) is 11.0 Å². The van der Waals surface area contributed by atoms with Crippen molar-refractivity contribution >= 4 is 11.8 Å². The molecule has 1 N–H and O–H groups in total. The van der Waals surface area contributed by atoms with Gasteiger partial charge in [-0.2, -0.15) is 5.26 Å². The number of halogens is 1. The minimum atomic E-state index is -0.317. The van der Waals surface area contributed by atoms with Crippen molar-refractivity contribution in [3.8, 4) is 6.07 Å². The van der Waals surface area contributed by atoms with Crippen molar-refractivity contribution in [2.24, 2.45) is 0 Å². The van der Waals surface area contributed by atoms with Gasteiger partial charge in [-0.05, 0) is 49.8 Å². The van der Waals surface area contributed by atoms with Crippen molar-refractivity contribution in [1.29, 1.82) is 5.26 Å². The quantitative estimate of drug-likeness (QED) is 0.785. The van der Waals surface area contributed by atoms with Crippen LogP contribution in [0.3, 0.4) is 0 Å². The molecule has 4 aliphatic heterocycles. The van der Waals surface area contributed by atoms with Crippen LogP contribution in [0.1, 0.15) is 37.7 Å². The Morgan fingerprint density at radius 3 is 2.90 bits per heavy atom. The van der Waals surface area contributed by atoms with E-state index in [0.717, 1.165) is 37.8 Å². The molecule has 0 spiro atoms. The van der Waals surface area contributed by atoms with Gasteiger partial charge in [0.2, 0.25) is 11.8 Å². The maximum atomic E-state index is 13.5. The lowest BCUT2D eigenvalue weighted by atomic mass is 10.0. The highest BCUT2D eigenvalue weighted by Crippen LogP contribution is 2.36. The number of carbonyl (C=O) groups excluding carboxylic acids is 2. The van der Waals surface area contributed by atoms with Gasteiger partial charge in [0, 0.05) is 38.3 Å². The topological polar surface area (TPSA) is 79.7 Å². The number of fused-ring (bicyclic) bond motifs is 2. The molecule has 4 unspecified atom stereocenters. The second kappa shape index (κ2) is 8.21. The number of rotatable bonds is 4. The molecule has 5 rings (SSSR count). The van der Waals surface area contributed by atoms with Crippen LogP contribution in [0.4, 0.5) is 4.39 Å². The second-order valence-corrected chi connectivity index (χ2v) is 9.22. The molecule has 0 radical (unpaired) electrons. The summed E-state index contributed by atoms with van der Waals surface area (Å²) in [6, 6.07) is 8.24. The summed E-state index contributed by atoms with van der Waals surface area (Å²) >= 11 is 0. The van der Waals surface area contributed by atoms with E-state index in [1.807, 2.05) is 11.0 Å². The predicted octanol–water partition coefficient (Wildman–Crippen LogP) is 1.25. The maximum absolute atomic E-state index is 13.5. The van der Waals surface area contributed by atoms with Crippen LogP contribution in [0.5, 0.6) is 0 Å². The van der Waals surface area contributed by atoms with Gasteiger partial charge in [0.05, 0.1) is 18.2 Å². The number of piperidine rings is 1. The smallest absolute Gasteiger partial charge is 0.240 e. The first kappa shape index (κ1) is 20.4. The minimum absolute atomic E-state index is 0.0252. The SMILES string of the molecule is N#CC1CCCCN1C(=O)C1CC(N2CC3C[C@H]2C(=O)N3Cc2cccc(F)c2)CN1. The zero-order valence-electron chi connectivity index (χ0n) is 17.5. The molecule has 5 atom stereocenters. The van der Waals surface area contributed by atoms with Crippen LogP contribution in [0.2, 0.25) is 0 Å². The maximum Gasteiger partial charge on any atom is 0.240 e. The van der Waals surface area contributed by atoms with Crippen molar-refractivity contribution < 1.29 is 14.0 Å². The number of hydrogen-bond donors (Lipinski definition) is 1. The average Bonchev–Trinajstić information content (AvgIpc) is 3.49. The Balaban J connectivity index is 1.20. The minimum Gasteiger partial charge on any atom is -0.333 e. The third-order valence-electron chi connectivity index (χ3n) is 7.38. The summed E-state index contributed by atoms with van der Waals surface area (Å²) in [5.74, 6) is -0.149. The predicted molar refractivity (Wildman–Crippen MR) is 111 cm³/mol. The van der Waals surface area contributed by atoms with Crippen LogP contribution in [0.25, 0.3) is 0 Å². The molecule has 1 aromatic rings. The van der Waals surface area contributed by atoms with Crippen molar-refractivity contribution in [3.63, 3.8) is 0 Å². The fourth-order valence-electron chi connectivity index (χ4n) is 5.81. The Bertz CT molecular complexity index is 917. The van der Waals surface area contributed by atoms with Crippen LogP contribution < -0.4 is 5.32 Å². The van der Waals surface area contributed by atoms with Gasteiger partial charge in [0.1, 0.15) is 11.9 Å². The van der Waals surface area contributed by atoms with Gasteiger partial charge < -0.3 is 15.1 Å². The Morgan fingerprint density at radius 1 is 1.26 bits per heavy atom. The number of benzene rings is 1. The van der Waals surface area contributed by atoms with Crippen LogP contribution in [0.15, 0.2) is 24.3 Å². The van der Waals surface area contributed by atoms with E-state index >= 15 is 0 Å². The largest absolute Gasteiger partial charge is 0.333 e. The molecule has 4 fully saturated rings. The Labute approximate surface area is 181 Å². The molecule has 4 heterocycles. The Kier molecular flexibility index (Phi) is 5.40. The molecule has 4 saturated heterocycles. The summed E-state index contributed by atoms with van der Waals surface area (Å²) in [5, 5.41) is 12.7. The third kappa shape index (κ3) is 3.70. The monoisotopic (exact) mass is 425 g/mol. The number of carbonyl (C=O) groups is 2. The lowest BCUT2D eigenvalue weighted by Crippen LogP contribution is -2.53. The Hall–Kier alpha value is -2.50. The first-order chi connectivity index (χ1) is 15.0. The number of likely N-dealkylation sites (tertiary alicyclic amines) is 3. The molecule has 0 aromatic heterocycles. The number of hydrogen-bond acceptors (Lipinski definition) is 5. The van der Waals surface area contributed by atoms with E-state index in [1.165, 1.54) is 12.1 Å². The number of nitrogens with zero attached hydrogens (tertiary/aromatic N) is 4. The van der Waals surface area contributed by atoms with Gasteiger partial charge in [-0.15, -0.1) is 0 Å². The molecule has 4 aliphatic rings. The standard InChI is InChI=1S/C23H28FN5O2/c24-16-5-3-4-15(8-16)13-29-19-10-21(23(29)31)28(14-19)18-9-20(26-12-18)22(30)27-7-2-1-6-17(27)11-25/h3-5,8,17-21,26H,1-2,6-7,9-10,12-14H2/t17?,18?,19?,20?,21-/m0/s1. The highest BCUT2D eigenvalue weighted by molar-refractivity contribution is 5.86. The molecule has 31 heavy (non-hydrogen) atoms. The number of nitriles is 1. The van der Waals surface area contributed by atoms with Crippen molar-refractivity contribution in [1.82, 2.24) is 20.0 Å². The average molecular weight is 426 g/mol. The van der Waals surface area contributed by atoms with E-state index < -0.39 is 0 Å². The van der Waals surface area contributed by atoms with Crippen molar-refractivity contribution in [3.05, 3.63) is 35.6 Å². The first-order valence-corrected chi connectivity index (χ1v) is 11.3. The van der Waals surface area contributed by atoms with Crippen LogP contribution in [-0.4, -0.2) is 76.4 Å².